The van der Waals surface area contributed by atoms with Gasteiger partial charge in [0.1, 0.15) is 23.9 Å². The second kappa shape index (κ2) is 7.01. The van der Waals surface area contributed by atoms with E-state index in [2.05, 4.69) is 26.1 Å². The molecule has 114 valence electrons. The van der Waals surface area contributed by atoms with Crippen molar-refractivity contribution in [3.63, 3.8) is 0 Å². The van der Waals surface area contributed by atoms with E-state index in [0.717, 1.165) is 40.0 Å². The van der Waals surface area contributed by atoms with E-state index in [-0.39, 0.29) is 0 Å². The Labute approximate surface area is 131 Å². The molecule has 0 spiro atoms. The van der Waals surface area contributed by atoms with Crippen LogP contribution >= 0.6 is 11.6 Å². The van der Waals surface area contributed by atoms with E-state index in [1.807, 2.05) is 31.2 Å². The number of rotatable bonds is 6. The maximum Gasteiger partial charge on any atom is 0.146 e. The minimum Gasteiger partial charge on any atom is -0.486 e. The van der Waals surface area contributed by atoms with Gasteiger partial charge >= 0.3 is 0 Å². The predicted molar refractivity (Wildman–Crippen MR) is 85.9 cm³/mol. The number of nitrogens with one attached hydrogen (secondary N) is 1. The molecule has 1 aromatic heterocycles. The first-order valence-corrected chi connectivity index (χ1v) is 7.54. The van der Waals surface area contributed by atoms with Gasteiger partial charge in [0.15, 0.2) is 0 Å². The fraction of sp³-hybridized carbons (Fsp3) is 0.412. The molecule has 0 atom stereocenters. The Hall–Kier alpha value is -1.45. The number of hydrogen-bond donors (Lipinski definition) is 1. The summed E-state index contributed by atoms with van der Waals surface area (Å²) in [5, 5.41) is 4.10. The van der Waals surface area contributed by atoms with E-state index < -0.39 is 0 Å². The minimum atomic E-state index is 0.420. The van der Waals surface area contributed by atoms with Gasteiger partial charge in [-0.05, 0) is 49.2 Å². The average molecular weight is 308 g/mol. The topological polar surface area (TPSA) is 34.4 Å². The molecule has 0 aliphatic heterocycles. The van der Waals surface area contributed by atoms with Gasteiger partial charge in [-0.2, -0.15) is 0 Å². The highest BCUT2D eigenvalue weighted by Crippen LogP contribution is 2.22. The SMILES string of the molecule is Cc1cc(OCc2cc(C)c(CNC(C)C)o2)ccc1Cl. The number of aryl methyl sites for hydroxylation is 2. The standard InChI is InChI=1S/C17H22ClNO2/c1-11(2)19-9-17-13(4)8-15(21-17)10-20-14-5-6-16(18)12(3)7-14/h5-8,11,19H,9-10H2,1-4H3. The lowest BCUT2D eigenvalue weighted by molar-refractivity contribution is 0.264. The van der Waals surface area contributed by atoms with Gasteiger partial charge in [-0.3, -0.25) is 0 Å². The Morgan fingerprint density at radius 3 is 2.62 bits per heavy atom. The monoisotopic (exact) mass is 307 g/mol. The Morgan fingerprint density at radius 2 is 1.95 bits per heavy atom. The Kier molecular flexibility index (Phi) is 5.32. The van der Waals surface area contributed by atoms with Gasteiger partial charge in [0.25, 0.3) is 0 Å². The molecular weight excluding hydrogens is 286 g/mol. The van der Waals surface area contributed by atoms with Crippen LogP contribution < -0.4 is 10.1 Å². The molecule has 3 nitrogen and oxygen atoms in total. The molecule has 0 aliphatic rings. The lowest BCUT2D eigenvalue weighted by Gasteiger charge is -2.07. The number of furan rings is 1. The highest BCUT2D eigenvalue weighted by Gasteiger charge is 2.09. The van der Waals surface area contributed by atoms with Gasteiger partial charge in [0.05, 0.1) is 6.54 Å². The number of hydrogen-bond acceptors (Lipinski definition) is 3. The molecule has 0 radical (unpaired) electrons. The van der Waals surface area contributed by atoms with Crippen molar-refractivity contribution in [1.82, 2.24) is 5.32 Å². The molecule has 0 unspecified atom stereocenters. The maximum atomic E-state index is 6.00. The molecule has 0 bridgehead atoms. The van der Waals surface area contributed by atoms with E-state index in [9.17, 15) is 0 Å². The number of ether oxygens (including phenoxy) is 1. The molecule has 0 saturated carbocycles. The van der Waals surface area contributed by atoms with Gasteiger partial charge in [0.2, 0.25) is 0 Å². The van der Waals surface area contributed by atoms with E-state index >= 15 is 0 Å². The number of benzene rings is 1. The maximum absolute atomic E-state index is 6.00. The highest BCUT2D eigenvalue weighted by atomic mass is 35.5. The van der Waals surface area contributed by atoms with Crippen LogP contribution in [0.15, 0.2) is 28.7 Å². The Morgan fingerprint density at radius 1 is 1.19 bits per heavy atom. The molecule has 0 fully saturated rings. The van der Waals surface area contributed by atoms with Crippen molar-refractivity contribution < 1.29 is 9.15 Å². The normalized spacial score (nSPS) is 11.1. The summed E-state index contributed by atoms with van der Waals surface area (Å²) < 4.78 is 11.6. The van der Waals surface area contributed by atoms with Crippen molar-refractivity contribution in [2.45, 2.75) is 46.9 Å². The van der Waals surface area contributed by atoms with Gasteiger partial charge in [-0.25, -0.2) is 0 Å². The van der Waals surface area contributed by atoms with Crippen molar-refractivity contribution in [3.05, 3.63) is 51.9 Å². The summed E-state index contributed by atoms with van der Waals surface area (Å²) >= 11 is 6.00. The summed E-state index contributed by atoms with van der Waals surface area (Å²) in [6, 6.07) is 8.11. The zero-order chi connectivity index (χ0) is 15.4. The van der Waals surface area contributed by atoms with Gasteiger partial charge in [-0.1, -0.05) is 25.4 Å². The molecule has 0 aliphatic carbocycles. The molecular formula is C17H22ClNO2. The lowest BCUT2D eigenvalue weighted by atomic mass is 10.2. The van der Waals surface area contributed by atoms with E-state index in [4.69, 9.17) is 20.8 Å². The van der Waals surface area contributed by atoms with Crippen LogP contribution in [0.1, 0.15) is 36.5 Å². The van der Waals surface area contributed by atoms with Crippen LogP contribution in [0, 0.1) is 13.8 Å². The first-order valence-electron chi connectivity index (χ1n) is 7.16. The summed E-state index contributed by atoms with van der Waals surface area (Å²) in [7, 11) is 0. The third-order valence-electron chi connectivity index (χ3n) is 3.25. The van der Waals surface area contributed by atoms with Crippen LogP contribution in [-0.4, -0.2) is 6.04 Å². The van der Waals surface area contributed by atoms with Crippen LogP contribution in [0.4, 0.5) is 0 Å². The first-order chi connectivity index (χ1) is 9.95. The van der Waals surface area contributed by atoms with Crippen LogP contribution in [-0.2, 0) is 13.2 Å². The van der Waals surface area contributed by atoms with Gasteiger partial charge < -0.3 is 14.5 Å². The van der Waals surface area contributed by atoms with Crippen molar-refractivity contribution in [2.75, 3.05) is 0 Å². The summed E-state index contributed by atoms with van der Waals surface area (Å²) in [5.41, 5.74) is 2.15. The second-order valence-electron chi connectivity index (χ2n) is 5.55. The van der Waals surface area contributed by atoms with Crippen LogP contribution in [0.2, 0.25) is 5.02 Å². The summed E-state index contributed by atoms with van der Waals surface area (Å²) in [4.78, 5) is 0. The Balaban J connectivity index is 1.96. The molecule has 1 aromatic carbocycles. The fourth-order valence-electron chi connectivity index (χ4n) is 2.00. The first kappa shape index (κ1) is 15.9. The van der Waals surface area contributed by atoms with Crippen LogP contribution in [0.3, 0.4) is 0 Å². The van der Waals surface area contributed by atoms with E-state index in [0.29, 0.717) is 12.6 Å². The molecule has 0 amide bonds. The minimum absolute atomic E-state index is 0.420. The molecule has 0 saturated heterocycles. The molecule has 4 heteroatoms. The van der Waals surface area contributed by atoms with Crippen molar-refractivity contribution in [1.29, 1.82) is 0 Å². The molecule has 1 heterocycles. The largest absolute Gasteiger partial charge is 0.486 e. The highest BCUT2D eigenvalue weighted by molar-refractivity contribution is 6.31. The third-order valence-corrected chi connectivity index (χ3v) is 3.68. The van der Waals surface area contributed by atoms with Crippen molar-refractivity contribution in [3.8, 4) is 5.75 Å². The predicted octanol–water partition coefficient (Wildman–Crippen LogP) is 4.63. The lowest BCUT2D eigenvalue weighted by Crippen LogP contribution is -2.21. The quantitative estimate of drug-likeness (QED) is 0.845. The molecule has 2 aromatic rings. The molecule has 1 N–H and O–H groups in total. The van der Waals surface area contributed by atoms with E-state index in [1.165, 1.54) is 0 Å². The smallest absolute Gasteiger partial charge is 0.146 e. The Bertz CT molecular complexity index is 605. The summed E-state index contributed by atoms with van der Waals surface area (Å²) in [6.45, 7) is 9.40. The summed E-state index contributed by atoms with van der Waals surface area (Å²) in [5.74, 6) is 2.60. The molecule has 21 heavy (non-hydrogen) atoms. The van der Waals surface area contributed by atoms with Gasteiger partial charge in [-0.15, -0.1) is 0 Å². The van der Waals surface area contributed by atoms with Crippen molar-refractivity contribution >= 4 is 11.6 Å². The number of halogens is 1. The van der Waals surface area contributed by atoms with E-state index in [1.54, 1.807) is 0 Å². The average Bonchev–Trinajstić information content (AvgIpc) is 2.78. The fourth-order valence-corrected chi connectivity index (χ4v) is 2.11. The molecule has 2 rings (SSSR count). The zero-order valence-corrected chi connectivity index (χ0v) is 13.8. The second-order valence-corrected chi connectivity index (χ2v) is 5.96. The van der Waals surface area contributed by atoms with Gasteiger partial charge in [0, 0.05) is 11.1 Å². The van der Waals surface area contributed by atoms with Crippen LogP contribution in [0.5, 0.6) is 5.75 Å². The van der Waals surface area contributed by atoms with Crippen molar-refractivity contribution in [2.24, 2.45) is 0 Å². The zero-order valence-electron chi connectivity index (χ0n) is 13.0. The third kappa shape index (κ3) is 4.51. The summed E-state index contributed by atoms with van der Waals surface area (Å²) in [6.07, 6.45) is 0. The van der Waals surface area contributed by atoms with Crippen LogP contribution in [0.25, 0.3) is 0 Å².